The van der Waals surface area contributed by atoms with Gasteiger partial charge in [0.25, 0.3) is 0 Å². The largest absolute Gasteiger partial charge is 0.444 e. The molecule has 21 heavy (non-hydrogen) atoms. The van der Waals surface area contributed by atoms with Crippen LogP contribution in [0, 0.1) is 4.77 Å². The topological polar surface area (TPSA) is 95.7 Å². The highest BCUT2D eigenvalue weighted by atomic mass is 32.1. The molecule has 3 rings (SSSR count). The van der Waals surface area contributed by atoms with Crippen LogP contribution >= 0.6 is 12.2 Å². The molecule has 0 fully saturated rings. The predicted octanol–water partition coefficient (Wildman–Crippen LogP) is 2.76. The summed E-state index contributed by atoms with van der Waals surface area (Å²) in [5, 5.41) is 2.56. The van der Waals surface area contributed by atoms with Crippen molar-refractivity contribution in [2.24, 2.45) is 0 Å². The molecule has 2 aromatic heterocycles. The fourth-order valence-corrected chi connectivity index (χ4v) is 2.00. The van der Waals surface area contributed by atoms with Gasteiger partial charge in [-0.1, -0.05) is 30.3 Å². The SMILES string of the molecule is O=C(Nc1ncnc2[nH]c(=S)[nH]c12)OCc1ccccc1. The summed E-state index contributed by atoms with van der Waals surface area (Å²) in [5.41, 5.74) is 1.95. The summed E-state index contributed by atoms with van der Waals surface area (Å²) < 4.78 is 5.54. The molecule has 0 radical (unpaired) electrons. The Morgan fingerprint density at radius 2 is 2.05 bits per heavy atom. The number of imidazole rings is 1. The molecular weight excluding hydrogens is 290 g/mol. The molecule has 0 atom stereocenters. The van der Waals surface area contributed by atoms with Crippen LogP contribution in [-0.4, -0.2) is 26.0 Å². The zero-order chi connectivity index (χ0) is 14.7. The second-order valence-corrected chi connectivity index (χ2v) is 4.62. The number of hydrogen-bond acceptors (Lipinski definition) is 5. The standard InChI is InChI=1S/C13H11N5O2S/c19-13(20-6-8-4-2-1-3-5-8)18-11-9-10(14-7-15-11)17-12(21)16-9/h1-5,7H,6H2,(H3,14,15,16,17,18,19,21). The molecule has 0 bridgehead atoms. The summed E-state index contributed by atoms with van der Waals surface area (Å²) in [7, 11) is 0. The average Bonchev–Trinajstić information content (AvgIpc) is 2.88. The van der Waals surface area contributed by atoms with Crippen molar-refractivity contribution in [3.05, 3.63) is 47.0 Å². The lowest BCUT2D eigenvalue weighted by atomic mass is 10.2. The average molecular weight is 301 g/mol. The predicted molar refractivity (Wildman–Crippen MR) is 79.3 cm³/mol. The van der Waals surface area contributed by atoms with Crippen LogP contribution in [0.3, 0.4) is 0 Å². The third-order valence-corrected chi connectivity index (χ3v) is 2.96. The van der Waals surface area contributed by atoms with Gasteiger partial charge in [0.05, 0.1) is 0 Å². The van der Waals surface area contributed by atoms with Crippen LogP contribution in [0.1, 0.15) is 5.56 Å². The van der Waals surface area contributed by atoms with Gasteiger partial charge < -0.3 is 14.7 Å². The molecule has 8 heteroatoms. The molecule has 0 aliphatic rings. The van der Waals surface area contributed by atoms with Crippen LogP contribution in [0.15, 0.2) is 36.7 Å². The molecule has 106 valence electrons. The van der Waals surface area contributed by atoms with Crippen molar-refractivity contribution in [3.63, 3.8) is 0 Å². The number of anilines is 1. The van der Waals surface area contributed by atoms with Crippen molar-refractivity contribution < 1.29 is 9.53 Å². The summed E-state index contributed by atoms with van der Waals surface area (Å²) in [5.74, 6) is 0.311. The molecule has 1 amide bonds. The molecule has 0 saturated carbocycles. The first-order valence-corrected chi connectivity index (χ1v) is 6.54. The Morgan fingerprint density at radius 3 is 2.86 bits per heavy atom. The number of fused-ring (bicyclic) bond motifs is 1. The second-order valence-electron chi connectivity index (χ2n) is 4.21. The highest BCUT2D eigenvalue weighted by molar-refractivity contribution is 7.71. The van der Waals surface area contributed by atoms with Crippen molar-refractivity contribution >= 4 is 35.3 Å². The lowest BCUT2D eigenvalue weighted by Crippen LogP contribution is -2.15. The van der Waals surface area contributed by atoms with E-state index in [0.717, 1.165) is 5.56 Å². The van der Waals surface area contributed by atoms with Gasteiger partial charge in [0.15, 0.2) is 16.2 Å². The van der Waals surface area contributed by atoms with Crippen molar-refractivity contribution in [1.29, 1.82) is 0 Å². The fourth-order valence-electron chi connectivity index (χ4n) is 1.80. The lowest BCUT2D eigenvalue weighted by Gasteiger charge is -2.06. The number of nitrogens with zero attached hydrogens (tertiary/aromatic N) is 2. The maximum absolute atomic E-state index is 11.8. The van der Waals surface area contributed by atoms with Crippen LogP contribution < -0.4 is 5.32 Å². The fraction of sp³-hybridized carbons (Fsp3) is 0.0769. The number of benzene rings is 1. The highest BCUT2D eigenvalue weighted by Crippen LogP contribution is 2.15. The molecule has 0 spiro atoms. The van der Waals surface area contributed by atoms with E-state index in [-0.39, 0.29) is 6.61 Å². The first-order valence-electron chi connectivity index (χ1n) is 6.13. The third-order valence-electron chi connectivity index (χ3n) is 2.75. The lowest BCUT2D eigenvalue weighted by molar-refractivity contribution is 0.155. The summed E-state index contributed by atoms with van der Waals surface area (Å²) in [6.45, 7) is 0.185. The summed E-state index contributed by atoms with van der Waals surface area (Å²) in [6, 6.07) is 9.41. The number of carbonyl (C=O) groups is 1. The van der Waals surface area contributed by atoms with E-state index >= 15 is 0 Å². The van der Waals surface area contributed by atoms with E-state index in [4.69, 9.17) is 17.0 Å². The minimum atomic E-state index is -0.598. The van der Waals surface area contributed by atoms with Gasteiger partial charge in [-0.05, 0) is 17.8 Å². The Labute approximate surface area is 124 Å². The maximum Gasteiger partial charge on any atom is 0.413 e. The van der Waals surface area contributed by atoms with E-state index in [1.807, 2.05) is 30.3 Å². The Morgan fingerprint density at radius 1 is 1.24 bits per heavy atom. The molecule has 1 aromatic carbocycles. The number of aromatic amines is 2. The number of nitrogens with one attached hydrogen (secondary N) is 3. The van der Waals surface area contributed by atoms with Gasteiger partial charge in [-0.15, -0.1) is 0 Å². The van der Waals surface area contributed by atoms with Gasteiger partial charge in [0.1, 0.15) is 18.5 Å². The van der Waals surface area contributed by atoms with E-state index in [1.165, 1.54) is 6.33 Å². The first kappa shape index (κ1) is 13.3. The van der Waals surface area contributed by atoms with Crippen LogP contribution in [0.25, 0.3) is 11.2 Å². The highest BCUT2D eigenvalue weighted by Gasteiger charge is 2.10. The van der Waals surface area contributed by atoms with Gasteiger partial charge in [0.2, 0.25) is 0 Å². The minimum absolute atomic E-state index is 0.185. The summed E-state index contributed by atoms with van der Waals surface area (Å²) in [6.07, 6.45) is 0.730. The second kappa shape index (κ2) is 5.71. The number of hydrogen-bond donors (Lipinski definition) is 3. The van der Waals surface area contributed by atoms with E-state index in [0.29, 0.717) is 21.8 Å². The molecule has 0 unspecified atom stereocenters. The third kappa shape index (κ3) is 3.06. The van der Waals surface area contributed by atoms with Gasteiger partial charge >= 0.3 is 6.09 Å². The van der Waals surface area contributed by atoms with Gasteiger partial charge in [-0.2, -0.15) is 0 Å². The van der Waals surface area contributed by atoms with Crippen molar-refractivity contribution in [2.75, 3.05) is 5.32 Å². The van der Waals surface area contributed by atoms with Gasteiger partial charge in [0, 0.05) is 0 Å². The van der Waals surface area contributed by atoms with Crippen molar-refractivity contribution in [1.82, 2.24) is 19.9 Å². The maximum atomic E-state index is 11.8. The van der Waals surface area contributed by atoms with Crippen LogP contribution in [0.5, 0.6) is 0 Å². The molecule has 2 heterocycles. The Balaban J connectivity index is 1.70. The number of ether oxygens (including phenoxy) is 1. The minimum Gasteiger partial charge on any atom is -0.444 e. The monoisotopic (exact) mass is 301 g/mol. The summed E-state index contributed by atoms with van der Waals surface area (Å²) >= 11 is 4.98. The Hall–Kier alpha value is -2.74. The van der Waals surface area contributed by atoms with Crippen molar-refractivity contribution in [3.8, 4) is 0 Å². The molecule has 3 N–H and O–H groups in total. The number of amides is 1. The molecule has 0 saturated heterocycles. The van der Waals surface area contributed by atoms with Crippen LogP contribution in [0.2, 0.25) is 0 Å². The summed E-state index contributed by atoms with van der Waals surface area (Å²) in [4.78, 5) is 25.5. The molecule has 0 aliphatic heterocycles. The molecular formula is C13H11N5O2S. The smallest absolute Gasteiger partial charge is 0.413 e. The normalized spacial score (nSPS) is 10.5. The zero-order valence-corrected chi connectivity index (χ0v) is 11.6. The Kier molecular flexibility index (Phi) is 3.61. The number of H-pyrrole nitrogens is 2. The van der Waals surface area contributed by atoms with Gasteiger partial charge in [-0.25, -0.2) is 14.8 Å². The first-order chi connectivity index (χ1) is 10.2. The van der Waals surface area contributed by atoms with E-state index < -0.39 is 6.09 Å². The number of rotatable bonds is 3. The van der Waals surface area contributed by atoms with E-state index in [1.54, 1.807) is 0 Å². The van der Waals surface area contributed by atoms with E-state index in [2.05, 4.69) is 25.3 Å². The molecule has 3 aromatic rings. The molecule has 0 aliphatic carbocycles. The number of carbonyl (C=O) groups excluding carboxylic acids is 1. The van der Waals surface area contributed by atoms with Crippen LogP contribution in [-0.2, 0) is 11.3 Å². The quantitative estimate of drug-likeness (QED) is 0.646. The van der Waals surface area contributed by atoms with Crippen molar-refractivity contribution in [2.45, 2.75) is 6.61 Å². The van der Waals surface area contributed by atoms with Crippen LogP contribution in [0.4, 0.5) is 10.6 Å². The Bertz CT molecular complexity index is 827. The zero-order valence-electron chi connectivity index (χ0n) is 10.8. The molecule has 7 nitrogen and oxygen atoms in total. The van der Waals surface area contributed by atoms with Gasteiger partial charge in [-0.3, -0.25) is 5.32 Å². The van der Waals surface area contributed by atoms with E-state index in [9.17, 15) is 4.79 Å². The number of aromatic nitrogens is 4.